The van der Waals surface area contributed by atoms with Crippen molar-refractivity contribution in [2.45, 2.75) is 39.8 Å². The van der Waals surface area contributed by atoms with E-state index in [2.05, 4.69) is 23.8 Å². The number of rotatable bonds is 6. The number of nitrogens with zero attached hydrogens (tertiary/aromatic N) is 3. The highest BCUT2D eigenvalue weighted by molar-refractivity contribution is 6.28. The fraction of sp³-hybridized carbons (Fsp3) is 0.615. The molecule has 0 spiro atoms. The summed E-state index contributed by atoms with van der Waals surface area (Å²) >= 11 is 5.81. The summed E-state index contributed by atoms with van der Waals surface area (Å²) in [4.78, 5) is 31.3. The summed E-state index contributed by atoms with van der Waals surface area (Å²) in [5, 5.41) is 9.10. The van der Waals surface area contributed by atoms with Gasteiger partial charge in [-0.25, -0.2) is 4.79 Å². The van der Waals surface area contributed by atoms with Gasteiger partial charge in [-0.2, -0.15) is 4.98 Å². The number of aliphatic hydroxyl groups excluding tert-OH is 1. The number of aryl methyl sites for hydroxylation is 1. The molecule has 116 valence electrons. The SMILES string of the molecule is CC(C)CCCn1c(=O)n(CCO)c(=O)c2[nH]c(Cl)nc21. The summed E-state index contributed by atoms with van der Waals surface area (Å²) in [5.74, 6) is 0.530. The Morgan fingerprint density at radius 2 is 2.00 bits per heavy atom. The van der Waals surface area contributed by atoms with E-state index < -0.39 is 11.2 Å². The van der Waals surface area contributed by atoms with Crippen LogP contribution in [0.3, 0.4) is 0 Å². The molecule has 0 radical (unpaired) electrons. The molecule has 8 heteroatoms. The first-order chi connectivity index (χ1) is 9.95. The van der Waals surface area contributed by atoms with Crippen molar-refractivity contribution >= 4 is 22.8 Å². The third kappa shape index (κ3) is 3.19. The zero-order chi connectivity index (χ0) is 15.6. The van der Waals surface area contributed by atoms with E-state index in [1.807, 2.05) is 0 Å². The van der Waals surface area contributed by atoms with Crippen molar-refractivity contribution in [3.63, 3.8) is 0 Å². The fourth-order valence-electron chi connectivity index (χ4n) is 2.29. The van der Waals surface area contributed by atoms with Crippen LogP contribution in [0.5, 0.6) is 0 Å². The van der Waals surface area contributed by atoms with E-state index in [-0.39, 0.29) is 29.6 Å². The molecule has 2 heterocycles. The number of nitrogens with one attached hydrogen (secondary N) is 1. The molecule has 0 aliphatic rings. The Balaban J connectivity index is 2.55. The van der Waals surface area contributed by atoms with Crippen molar-refractivity contribution in [2.24, 2.45) is 5.92 Å². The van der Waals surface area contributed by atoms with Crippen LogP contribution in [0.1, 0.15) is 26.7 Å². The zero-order valence-corrected chi connectivity index (χ0v) is 12.9. The smallest absolute Gasteiger partial charge is 0.332 e. The zero-order valence-electron chi connectivity index (χ0n) is 12.1. The van der Waals surface area contributed by atoms with Gasteiger partial charge in [-0.1, -0.05) is 13.8 Å². The lowest BCUT2D eigenvalue weighted by Crippen LogP contribution is -2.41. The maximum absolute atomic E-state index is 12.4. The predicted octanol–water partition coefficient (Wildman–Crippen LogP) is 0.968. The number of aromatic amines is 1. The van der Waals surface area contributed by atoms with Crippen molar-refractivity contribution in [3.8, 4) is 0 Å². The van der Waals surface area contributed by atoms with Crippen molar-refractivity contribution in [2.75, 3.05) is 6.61 Å². The minimum atomic E-state index is -0.511. The number of hydrogen-bond donors (Lipinski definition) is 2. The minimum absolute atomic E-state index is 0.0472. The van der Waals surface area contributed by atoms with E-state index in [1.54, 1.807) is 0 Å². The molecule has 0 amide bonds. The number of imidazole rings is 1. The van der Waals surface area contributed by atoms with Gasteiger partial charge in [0.15, 0.2) is 11.2 Å². The van der Waals surface area contributed by atoms with Gasteiger partial charge in [-0.15, -0.1) is 0 Å². The Hall–Kier alpha value is -1.60. The van der Waals surface area contributed by atoms with E-state index in [1.165, 1.54) is 4.57 Å². The van der Waals surface area contributed by atoms with Crippen molar-refractivity contribution in [1.29, 1.82) is 0 Å². The number of hydrogen-bond acceptors (Lipinski definition) is 4. The second kappa shape index (κ2) is 6.44. The van der Waals surface area contributed by atoms with Crippen LogP contribution < -0.4 is 11.2 Å². The van der Waals surface area contributed by atoms with Crippen LogP contribution in [0.4, 0.5) is 0 Å². The van der Waals surface area contributed by atoms with E-state index in [0.717, 1.165) is 17.4 Å². The highest BCUT2D eigenvalue weighted by Crippen LogP contribution is 2.11. The lowest BCUT2D eigenvalue weighted by atomic mass is 10.1. The molecule has 0 aliphatic heterocycles. The number of halogens is 1. The molecule has 2 aromatic rings. The Morgan fingerprint density at radius 3 is 2.62 bits per heavy atom. The Kier molecular flexibility index (Phi) is 4.84. The molecule has 0 fully saturated rings. The van der Waals surface area contributed by atoms with Crippen LogP contribution in [0.2, 0.25) is 5.28 Å². The molecular weight excluding hydrogens is 296 g/mol. The summed E-state index contributed by atoms with van der Waals surface area (Å²) in [7, 11) is 0. The molecule has 0 bridgehead atoms. The molecule has 2 N–H and O–H groups in total. The van der Waals surface area contributed by atoms with E-state index in [4.69, 9.17) is 16.7 Å². The Morgan fingerprint density at radius 1 is 1.29 bits per heavy atom. The molecule has 21 heavy (non-hydrogen) atoms. The highest BCUT2D eigenvalue weighted by Gasteiger charge is 2.16. The number of aromatic nitrogens is 4. The first kappa shape index (κ1) is 15.8. The van der Waals surface area contributed by atoms with Gasteiger partial charge < -0.3 is 10.1 Å². The van der Waals surface area contributed by atoms with Gasteiger partial charge in [0, 0.05) is 6.54 Å². The Labute approximate surface area is 126 Å². The number of aliphatic hydroxyl groups is 1. The molecule has 0 aromatic carbocycles. The van der Waals surface area contributed by atoms with Gasteiger partial charge in [-0.3, -0.25) is 13.9 Å². The summed E-state index contributed by atoms with van der Waals surface area (Å²) in [6, 6.07) is 0. The third-order valence-corrected chi connectivity index (χ3v) is 3.50. The molecule has 0 saturated carbocycles. The molecule has 2 rings (SSSR count). The minimum Gasteiger partial charge on any atom is -0.395 e. The maximum atomic E-state index is 12.4. The average molecular weight is 315 g/mol. The number of fused-ring (bicyclic) bond motifs is 1. The van der Waals surface area contributed by atoms with Gasteiger partial charge in [0.1, 0.15) is 0 Å². The maximum Gasteiger partial charge on any atom is 0.332 e. The fourth-order valence-corrected chi connectivity index (χ4v) is 2.47. The third-order valence-electron chi connectivity index (χ3n) is 3.32. The number of H-pyrrole nitrogens is 1. The molecule has 0 saturated heterocycles. The van der Waals surface area contributed by atoms with Gasteiger partial charge in [0.2, 0.25) is 5.28 Å². The summed E-state index contributed by atoms with van der Waals surface area (Å²) < 4.78 is 2.45. The Bertz CT molecular complexity index is 744. The first-order valence-electron chi connectivity index (χ1n) is 6.95. The average Bonchev–Trinajstić information content (AvgIpc) is 2.80. The molecular formula is C13H19ClN4O3. The first-order valence-corrected chi connectivity index (χ1v) is 7.33. The van der Waals surface area contributed by atoms with Gasteiger partial charge in [0.25, 0.3) is 5.56 Å². The van der Waals surface area contributed by atoms with Crippen molar-refractivity contribution < 1.29 is 5.11 Å². The highest BCUT2D eigenvalue weighted by atomic mass is 35.5. The monoisotopic (exact) mass is 314 g/mol. The van der Waals surface area contributed by atoms with E-state index >= 15 is 0 Å². The summed E-state index contributed by atoms with van der Waals surface area (Å²) in [6.45, 7) is 4.34. The lowest BCUT2D eigenvalue weighted by molar-refractivity contribution is 0.270. The largest absolute Gasteiger partial charge is 0.395 e. The quantitative estimate of drug-likeness (QED) is 0.777. The van der Waals surface area contributed by atoms with Gasteiger partial charge >= 0.3 is 5.69 Å². The topological polar surface area (TPSA) is 92.9 Å². The normalized spacial score (nSPS) is 11.7. The van der Waals surface area contributed by atoms with Crippen LogP contribution in [-0.2, 0) is 13.1 Å². The molecule has 2 aromatic heterocycles. The van der Waals surface area contributed by atoms with Crippen LogP contribution >= 0.6 is 11.6 Å². The lowest BCUT2D eigenvalue weighted by Gasteiger charge is -2.11. The molecule has 0 atom stereocenters. The van der Waals surface area contributed by atoms with Crippen molar-refractivity contribution in [1.82, 2.24) is 19.1 Å². The second-order valence-electron chi connectivity index (χ2n) is 5.38. The van der Waals surface area contributed by atoms with Crippen LogP contribution in [0.25, 0.3) is 11.2 Å². The molecule has 0 aliphatic carbocycles. The van der Waals surface area contributed by atoms with Crippen LogP contribution in [-0.4, -0.2) is 30.8 Å². The van der Waals surface area contributed by atoms with Crippen LogP contribution in [0.15, 0.2) is 9.59 Å². The molecule has 7 nitrogen and oxygen atoms in total. The van der Waals surface area contributed by atoms with Crippen molar-refractivity contribution in [3.05, 3.63) is 26.1 Å². The standard InChI is InChI=1S/C13H19ClN4O3/c1-8(2)4-3-5-17-10-9(15-12(14)16-10)11(20)18(6-7-19)13(17)21/h8,19H,3-7H2,1-2H3,(H,15,16). The summed E-state index contributed by atoms with van der Waals surface area (Å²) in [6.07, 6.45) is 1.76. The van der Waals surface area contributed by atoms with Gasteiger partial charge in [0.05, 0.1) is 13.2 Å². The molecule has 0 unspecified atom stereocenters. The van der Waals surface area contributed by atoms with E-state index in [0.29, 0.717) is 12.5 Å². The van der Waals surface area contributed by atoms with Crippen LogP contribution in [0, 0.1) is 5.92 Å². The second-order valence-corrected chi connectivity index (χ2v) is 5.73. The van der Waals surface area contributed by atoms with E-state index in [9.17, 15) is 9.59 Å². The predicted molar refractivity (Wildman–Crippen MR) is 80.8 cm³/mol. The van der Waals surface area contributed by atoms with Gasteiger partial charge in [-0.05, 0) is 30.4 Å². The summed E-state index contributed by atoms with van der Waals surface area (Å²) in [5.41, 5.74) is -0.512.